The number of nitrogens with two attached hydrogens (primary N) is 1. The zero-order valence-electron chi connectivity index (χ0n) is 26.7. The van der Waals surface area contributed by atoms with Gasteiger partial charge >= 0.3 is 0 Å². The Labute approximate surface area is 273 Å². The second-order valence-electron chi connectivity index (χ2n) is 11.5. The molecular formula is C35H42F2N4O6. The molecule has 3 aromatic rings. The van der Waals surface area contributed by atoms with Crippen LogP contribution in [-0.2, 0) is 17.8 Å². The maximum absolute atomic E-state index is 14.1. The van der Waals surface area contributed by atoms with E-state index in [1.165, 1.54) is 25.1 Å². The Morgan fingerprint density at radius 3 is 2.02 bits per heavy atom. The molecule has 4 atom stereocenters. The highest BCUT2D eigenvalue weighted by Gasteiger charge is 2.35. The number of amides is 4. The van der Waals surface area contributed by atoms with Gasteiger partial charge in [-0.25, -0.2) is 8.78 Å². The summed E-state index contributed by atoms with van der Waals surface area (Å²) in [7, 11) is 0. The summed E-state index contributed by atoms with van der Waals surface area (Å²) < 4.78 is 28.2. The van der Waals surface area contributed by atoms with Crippen molar-refractivity contribution < 1.29 is 38.2 Å². The summed E-state index contributed by atoms with van der Waals surface area (Å²) >= 11 is 0. The molecule has 4 amide bonds. The van der Waals surface area contributed by atoms with Gasteiger partial charge in [-0.3, -0.25) is 19.2 Å². The normalized spacial score (nSPS) is 13.6. The van der Waals surface area contributed by atoms with Crippen molar-refractivity contribution in [1.82, 2.24) is 15.5 Å². The van der Waals surface area contributed by atoms with Crippen LogP contribution in [0.1, 0.15) is 75.8 Å². The minimum Gasteiger partial charge on any atom is -0.390 e. The molecule has 0 spiro atoms. The van der Waals surface area contributed by atoms with E-state index >= 15 is 0 Å². The molecule has 0 saturated carbocycles. The van der Waals surface area contributed by atoms with E-state index in [1.807, 2.05) is 19.9 Å². The lowest BCUT2D eigenvalue weighted by atomic mass is 9.90. The van der Waals surface area contributed by atoms with E-state index in [-0.39, 0.29) is 41.1 Å². The average Bonchev–Trinajstić information content (AvgIpc) is 3.05. The molecule has 0 radical (unpaired) electrons. The maximum atomic E-state index is 14.1. The van der Waals surface area contributed by atoms with Crippen LogP contribution in [0.3, 0.4) is 0 Å². The Morgan fingerprint density at radius 2 is 1.45 bits per heavy atom. The van der Waals surface area contributed by atoms with Crippen molar-refractivity contribution in [3.63, 3.8) is 0 Å². The topological polar surface area (TPSA) is 162 Å². The summed E-state index contributed by atoms with van der Waals surface area (Å²) in [5.41, 5.74) is 6.02. The van der Waals surface area contributed by atoms with Crippen molar-refractivity contribution in [2.24, 2.45) is 11.7 Å². The molecule has 10 nitrogen and oxygen atoms in total. The van der Waals surface area contributed by atoms with Crippen LogP contribution in [0.2, 0.25) is 0 Å². The van der Waals surface area contributed by atoms with Crippen molar-refractivity contribution in [3.05, 3.63) is 106 Å². The van der Waals surface area contributed by atoms with Crippen LogP contribution in [0.15, 0.2) is 66.7 Å². The highest BCUT2D eigenvalue weighted by Crippen LogP contribution is 2.20. The van der Waals surface area contributed by atoms with Gasteiger partial charge in [0, 0.05) is 31.3 Å². The second kappa shape index (κ2) is 17.3. The molecule has 47 heavy (non-hydrogen) atoms. The van der Waals surface area contributed by atoms with Gasteiger partial charge < -0.3 is 31.5 Å². The first-order chi connectivity index (χ1) is 22.4. The summed E-state index contributed by atoms with van der Waals surface area (Å²) in [6.07, 6.45) is -2.54. The molecule has 6 N–H and O–H groups in total. The number of hydrogen-bond donors (Lipinski definition) is 5. The Bertz CT molecular complexity index is 1530. The fourth-order valence-corrected chi connectivity index (χ4v) is 5.24. The average molecular weight is 653 g/mol. The quantitative estimate of drug-likeness (QED) is 0.160. The maximum Gasteiger partial charge on any atom is 0.253 e. The predicted octanol–water partition coefficient (Wildman–Crippen LogP) is 3.34. The van der Waals surface area contributed by atoms with E-state index in [9.17, 15) is 38.2 Å². The highest BCUT2D eigenvalue weighted by atomic mass is 19.1. The third-order valence-electron chi connectivity index (χ3n) is 7.74. The number of nitrogens with one attached hydrogen (secondary N) is 2. The first kappa shape index (κ1) is 36.8. The number of nitrogens with zero attached hydrogens (tertiary/aromatic N) is 1. The molecule has 0 heterocycles. The van der Waals surface area contributed by atoms with Crippen molar-refractivity contribution >= 4 is 23.6 Å². The largest absolute Gasteiger partial charge is 0.390 e. The number of aliphatic hydroxyl groups excluding tert-OH is 2. The molecule has 0 aliphatic carbocycles. The molecule has 0 aliphatic heterocycles. The van der Waals surface area contributed by atoms with Crippen LogP contribution in [-0.4, -0.2) is 70.1 Å². The van der Waals surface area contributed by atoms with E-state index < -0.39 is 53.5 Å². The Hall–Kier alpha value is -4.68. The van der Waals surface area contributed by atoms with Gasteiger partial charge in [0.25, 0.3) is 11.8 Å². The first-order valence-electron chi connectivity index (χ1n) is 15.5. The lowest BCUT2D eigenvalue weighted by Gasteiger charge is -2.31. The van der Waals surface area contributed by atoms with Crippen molar-refractivity contribution in [2.45, 2.75) is 64.8 Å². The van der Waals surface area contributed by atoms with Crippen molar-refractivity contribution in [2.75, 3.05) is 13.1 Å². The number of hydrogen-bond acceptors (Lipinski definition) is 6. The summed E-state index contributed by atoms with van der Waals surface area (Å²) in [4.78, 5) is 53.8. The minimum atomic E-state index is -1.82. The monoisotopic (exact) mass is 652 g/mol. The van der Waals surface area contributed by atoms with E-state index in [1.54, 1.807) is 29.2 Å². The van der Waals surface area contributed by atoms with E-state index in [0.29, 0.717) is 32.0 Å². The third kappa shape index (κ3) is 10.2. The molecule has 0 fully saturated rings. The zero-order chi connectivity index (χ0) is 34.7. The summed E-state index contributed by atoms with van der Waals surface area (Å²) in [6.45, 7) is 6.33. The van der Waals surface area contributed by atoms with Crippen LogP contribution < -0.4 is 16.4 Å². The van der Waals surface area contributed by atoms with Gasteiger partial charge in [0.2, 0.25) is 11.8 Å². The SMILES string of the molecule is CCCN(CCC)C(=O)c1ccc(C(N)=O)c(C(=O)N[C@@H](Cc2cc(F)cc(F)c2)[C@@H](O)[C@H](O)[C@@H](C)C(=O)NCc2ccccc2)c1. The second-order valence-corrected chi connectivity index (χ2v) is 11.5. The van der Waals surface area contributed by atoms with Gasteiger partial charge in [0.15, 0.2) is 0 Å². The number of aliphatic hydroxyl groups is 2. The number of rotatable bonds is 16. The fraction of sp³-hybridized carbons (Fsp3) is 0.371. The van der Waals surface area contributed by atoms with E-state index in [0.717, 1.165) is 17.7 Å². The van der Waals surface area contributed by atoms with Crippen LogP contribution in [0.4, 0.5) is 8.78 Å². The van der Waals surface area contributed by atoms with Gasteiger partial charge in [-0.15, -0.1) is 0 Å². The van der Waals surface area contributed by atoms with E-state index in [2.05, 4.69) is 10.6 Å². The molecule has 0 saturated heterocycles. The van der Waals surface area contributed by atoms with Crippen molar-refractivity contribution in [3.8, 4) is 0 Å². The van der Waals surface area contributed by atoms with Crippen LogP contribution in [0, 0.1) is 17.6 Å². The highest BCUT2D eigenvalue weighted by molar-refractivity contribution is 6.08. The van der Waals surface area contributed by atoms with Crippen LogP contribution in [0.25, 0.3) is 0 Å². The standard InChI is InChI=1S/C35H42F2N4O6/c1-4-13-41(14-5-2)35(47)24-11-12-27(32(38)44)28(18-24)34(46)40-29(17-23-15-25(36)19-26(37)16-23)31(43)30(42)21(3)33(45)39-20-22-9-7-6-8-10-22/h6-12,15-16,18-19,21,29-31,42-43H,4-5,13-14,17,20H2,1-3H3,(H2,38,44)(H,39,45)(H,40,46)/t21-,29+,30-,31-/m1/s1. The molecule has 0 unspecified atom stereocenters. The van der Waals surface area contributed by atoms with Crippen molar-refractivity contribution in [1.29, 1.82) is 0 Å². The Balaban J connectivity index is 1.93. The smallest absolute Gasteiger partial charge is 0.253 e. The van der Waals surface area contributed by atoms with Gasteiger partial charge in [0.1, 0.15) is 17.7 Å². The molecular weight excluding hydrogens is 610 g/mol. The molecule has 0 aliphatic rings. The molecule has 0 aromatic heterocycles. The molecule has 12 heteroatoms. The van der Waals surface area contributed by atoms with Crippen LogP contribution >= 0.6 is 0 Å². The van der Waals surface area contributed by atoms with E-state index in [4.69, 9.17) is 5.73 Å². The summed E-state index contributed by atoms with van der Waals surface area (Å²) in [5.74, 6) is -5.84. The van der Waals surface area contributed by atoms with Gasteiger partial charge in [-0.2, -0.15) is 0 Å². The molecule has 252 valence electrons. The first-order valence-corrected chi connectivity index (χ1v) is 15.5. The van der Waals surface area contributed by atoms with Gasteiger partial charge in [0.05, 0.1) is 29.2 Å². The molecule has 3 rings (SSSR count). The number of carbonyl (C=O) groups is 4. The number of halogens is 2. The Morgan fingerprint density at radius 1 is 0.830 bits per heavy atom. The van der Waals surface area contributed by atoms with Gasteiger partial charge in [-0.1, -0.05) is 51.1 Å². The zero-order valence-corrected chi connectivity index (χ0v) is 26.7. The lowest BCUT2D eigenvalue weighted by molar-refractivity contribution is -0.131. The lowest BCUT2D eigenvalue weighted by Crippen LogP contribution is -2.53. The minimum absolute atomic E-state index is 0.0362. The summed E-state index contributed by atoms with van der Waals surface area (Å²) in [5, 5.41) is 27.6. The van der Waals surface area contributed by atoms with Crippen LogP contribution in [0.5, 0.6) is 0 Å². The number of benzene rings is 3. The summed E-state index contributed by atoms with van der Waals surface area (Å²) in [6, 6.07) is 14.1. The van der Waals surface area contributed by atoms with Gasteiger partial charge in [-0.05, 0) is 60.7 Å². The number of primary amides is 1. The molecule has 3 aromatic carbocycles. The predicted molar refractivity (Wildman–Crippen MR) is 172 cm³/mol. The third-order valence-corrected chi connectivity index (χ3v) is 7.74. The fourth-order valence-electron chi connectivity index (χ4n) is 5.24. The number of carbonyl (C=O) groups excluding carboxylic acids is 4. The molecule has 0 bridgehead atoms. The Kier molecular flexibility index (Phi) is 13.5.